The number of nitrogens with zero attached hydrogens (tertiary/aromatic N) is 3. The van der Waals surface area contributed by atoms with Crippen LogP contribution in [0, 0.1) is 30.6 Å². The van der Waals surface area contributed by atoms with Crippen molar-refractivity contribution in [2.75, 3.05) is 0 Å². The Morgan fingerprint density at radius 3 is 2.28 bits per heavy atom. The van der Waals surface area contributed by atoms with Crippen LogP contribution in [0.15, 0.2) is 138 Å². The van der Waals surface area contributed by atoms with E-state index in [-0.39, 0.29) is 31.2 Å². The van der Waals surface area contributed by atoms with Crippen molar-refractivity contribution in [1.29, 1.82) is 0 Å². The van der Waals surface area contributed by atoms with Crippen LogP contribution < -0.4 is 4.40 Å². The number of fused-ring (bicyclic) bond motifs is 4. The topological polar surface area (TPSA) is 43.9 Å². The number of imidazole rings is 1. The Morgan fingerprint density at radius 2 is 1.58 bits per heavy atom. The van der Waals surface area contributed by atoms with Crippen molar-refractivity contribution in [2.45, 2.75) is 43.9 Å². The molecule has 0 atom stereocenters. The molecule has 287 valence electrons. The fourth-order valence-corrected chi connectivity index (χ4v) is 10.4. The largest absolute Gasteiger partial charge is 0 e. The molecule has 0 aliphatic heterocycles. The van der Waals surface area contributed by atoms with E-state index in [9.17, 15) is 8.78 Å². The number of rotatable bonds is 6. The quantitative estimate of drug-likeness (QED) is 0.123. The van der Waals surface area contributed by atoms with Crippen molar-refractivity contribution in [3.8, 4) is 39.5 Å². The Balaban J connectivity index is 0.000000197. The number of hydrogen-bond donors (Lipinski definition) is 0. The molecule has 0 aliphatic rings. The van der Waals surface area contributed by atoms with Gasteiger partial charge in [0.1, 0.15) is 17.2 Å². The second-order valence-electron chi connectivity index (χ2n) is 15.0. The zero-order valence-corrected chi connectivity index (χ0v) is 36.5. The number of halogens is 2. The molecule has 0 N–H and O–H groups in total. The molecule has 0 spiro atoms. The van der Waals surface area contributed by atoms with E-state index in [1.165, 1.54) is 28.7 Å². The number of pyridine rings is 1. The smallest absolute Gasteiger partial charge is 0 e. The molecule has 9 aromatic rings. The maximum absolute atomic E-state index is 14.4. The van der Waals surface area contributed by atoms with Gasteiger partial charge in [-0.2, -0.15) is 0 Å². The summed E-state index contributed by atoms with van der Waals surface area (Å²) >= 11 is -2.14. The number of benzene rings is 6. The van der Waals surface area contributed by atoms with E-state index in [0.717, 1.165) is 44.3 Å². The Labute approximate surface area is 354 Å². The van der Waals surface area contributed by atoms with Crippen LogP contribution in [0.2, 0.25) is 17.3 Å². The Kier molecular flexibility index (Phi) is 10.0. The van der Waals surface area contributed by atoms with E-state index in [1.54, 1.807) is 24.3 Å². The molecule has 3 aromatic heterocycles. The normalized spacial score (nSPS) is 13.0. The molecular formula is C49H41F2GeIrN3O-2. The minimum Gasteiger partial charge on any atom is 0 e. The SMILES string of the molecule is Fc1cccc(F)c1-c1ccc2c(c1)oc1c(-c3nc4ccccc4n3-c3ccccc3)[c-]ccc12.[2H]C([2H])([2H])c1c[c-]c(-c2cc(C([2H])(C)C)[c]([Ge]([CH3])([CH3])[CH3])cn2)cc1.[Ir]. The van der Waals surface area contributed by atoms with Crippen molar-refractivity contribution in [3.05, 3.63) is 168 Å². The van der Waals surface area contributed by atoms with Gasteiger partial charge in [-0.25, -0.2) is 8.78 Å². The van der Waals surface area contributed by atoms with Crippen LogP contribution in [0.5, 0.6) is 0 Å². The summed E-state index contributed by atoms with van der Waals surface area (Å²) in [5, 5.41) is 1.73. The second-order valence-corrected chi connectivity index (χ2v) is 25.5. The molecule has 57 heavy (non-hydrogen) atoms. The number of hydrogen-bond acceptors (Lipinski definition) is 3. The van der Waals surface area contributed by atoms with Crippen molar-refractivity contribution >= 4 is 50.6 Å². The van der Waals surface area contributed by atoms with Gasteiger partial charge in [0.25, 0.3) is 0 Å². The average molecular weight is 995 g/mol. The van der Waals surface area contributed by atoms with Crippen LogP contribution in [0.4, 0.5) is 8.78 Å². The summed E-state index contributed by atoms with van der Waals surface area (Å²) < 4.78 is 69.4. The first-order valence-corrected chi connectivity index (χ1v) is 25.7. The fraction of sp³-hybridized carbons (Fsp3) is 0.143. The van der Waals surface area contributed by atoms with Gasteiger partial charge in [-0.15, -0.1) is 18.2 Å². The Bertz CT molecular complexity index is 3010. The van der Waals surface area contributed by atoms with Gasteiger partial charge in [0.2, 0.25) is 0 Å². The fourth-order valence-electron chi connectivity index (χ4n) is 7.07. The van der Waals surface area contributed by atoms with Crippen molar-refractivity contribution in [2.24, 2.45) is 0 Å². The van der Waals surface area contributed by atoms with Crippen LogP contribution in [-0.4, -0.2) is 27.8 Å². The minimum atomic E-state index is -2.14. The number of aromatic nitrogens is 3. The van der Waals surface area contributed by atoms with E-state index in [2.05, 4.69) is 39.0 Å². The van der Waals surface area contributed by atoms with E-state index in [4.69, 9.17) is 14.9 Å². The van der Waals surface area contributed by atoms with Crippen LogP contribution in [0.1, 0.15) is 36.4 Å². The summed E-state index contributed by atoms with van der Waals surface area (Å²) in [6.07, 6.45) is 1.91. The first-order valence-electron chi connectivity index (χ1n) is 20.4. The third-order valence-corrected chi connectivity index (χ3v) is 14.0. The van der Waals surface area contributed by atoms with Gasteiger partial charge in [0.15, 0.2) is 0 Å². The van der Waals surface area contributed by atoms with E-state index < -0.39 is 37.6 Å². The summed E-state index contributed by atoms with van der Waals surface area (Å²) in [7, 11) is 0. The van der Waals surface area contributed by atoms with Gasteiger partial charge < -0.3 is 8.98 Å². The molecule has 0 fully saturated rings. The molecule has 4 nitrogen and oxygen atoms in total. The zero-order chi connectivity index (χ0) is 42.6. The second kappa shape index (κ2) is 16.3. The summed E-state index contributed by atoms with van der Waals surface area (Å²) in [4.78, 5) is 9.51. The summed E-state index contributed by atoms with van der Waals surface area (Å²) in [6.45, 7) is 1.66. The molecule has 6 aromatic carbocycles. The predicted molar refractivity (Wildman–Crippen MR) is 228 cm³/mol. The van der Waals surface area contributed by atoms with Gasteiger partial charge in [0, 0.05) is 31.2 Å². The standard InChI is InChI=1S/C31H17F2N2O.C18H24GeN.Ir/c32-24-12-7-13-25(33)29(24)19-16-17-21-22-10-6-11-23(30(22)36-28(21)18-19)31-34-26-14-4-5-15-27(26)35(31)20-8-2-1-3-9-20;1-13(2)16-11-18(15-9-7-14(3)8-10-15)20-12-17(16)19(4,5)6;/h1-10,12-18H;7-9,11-13H,1-6H3;/q2*-1;/i;3D3,13D;. The summed E-state index contributed by atoms with van der Waals surface area (Å²) in [6, 6.07) is 44.0. The predicted octanol–water partition coefficient (Wildman–Crippen LogP) is 12.9. The maximum atomic E-state index is 14.4. The molecule has 0 saturated carbocycles. The monoisotopic (exact) mass is 996 g/mol. The van der Waals surface area contributed by atoms with Gasteiger partial charge in [-0.3, -0.25) is 4.98 Å². The average Bonchev–Trinajstić information content (AvgIpc) is 3.79. The zero-order valence-electron chi connectivity index (χ0n) is 36.0. The van der Waals surface area contributed by atoms with Gasteiger partial charge in [-0.1, -0.05) is 59.5 Å². The van der Waals surface area contributed by atoms with Crippen LogP contribution in [-0.2, 0) is 20.1 Å². The first kappa shape index (κ1) is 35.0. The molecule has 9 rings (SSSR count). The maximum Gasteiger partial charge on any atom is 0 e. The van der Waals surface area contributed by atoms with Crippen molar-refractivity contribution < 1.29 is 38.8 Å². The molecule has 0 unspecified atom stereocenters. The number of furan rings is 1. The molecule has 3 heterocycles. The van der Waals surface area contributed by atoms with Crippen molar-refractivity contribution in [3.63, 3.8) is 0 Å². The summed E-state index contributed by atoms with van der Waals surface area (Å²) in [5.41, 5.74) is 7.77. The summed E-state index contributed by atoms with van der Waals surface area (Å²) in [5.74, 6) is 5.65. The minimum absolute atomic E-state index is 0. The number of para-hydroxylation sites is 3. The Morgan fingerprint density at radius 1 is 0.825 bits per heavy atom. The van der Waals surface area contributed by atoms with E-state index in [1.807, 2.05) is 98.9 Å². The van der Waals surface area contributed by atoms with Crippen LogP contribution in [0.25, 0.3) is 72.4 Å². The number of aryl methyl sites for hydroxylation is 1. The third kappa shape index (κ3) is 7.89. The van der Waals surface area contributed by atoms with Crippen molar-refractivity contribution in [1.82, 2.24) is 14.5 Å². The van der Waals surface area contributed by atoms with Crippen LogP contribution in [0.3, 0.4) is 0 Å². The molecule has 0 aliphatic carbocycles. The molecule has 0 amide bonds. The third-order valence-electron chi connectivity index (χ3n) is 9.82. The molecular weight excluding hydrogens is 949 g/mol. The molecule has 0 bridgehead atoms. The molecule has 1 radical (unpaired) electrons. The molecule has 8 heteroatoms. The van der Waals surface area contributed by atoms with E-state index >= 15 is 0 Å². The van der Waals surface area contributed by atoms with Gasteiger partial charge in [-0.05, 0) is 48.0 Å². The Hall–Kier alpha value is -5.21. The van der Waals surface area contributed by atoms with E-state index in [0.29, 0.717) is 28.1 Å². The van der Waals surface area contributed by atoms with Crippen LogP contribution >= 0.6 is 0 Å². The van der Waals surface area contributed by atoms with Gasteiger partial charge >= 0.3 is 131 Å². The van der Waals surface area contributed by atoms with Gasteiger partial charge in [0.05, 0.1) is 28.0 Å². The first-order chi connectivity index (χ1) is 28.5. The molecule has 0 saturated heterocycles.